The number of benzene rings is 1. The lowest BCUT2D eigenvalue weighted by Crippen LogP contribution is -2.38. The molecule has 2 aromatic rings. The van der Waals surface area contributed by atoms with Crippen LogP contribution in [0, 0.1) is 0 Å². The van der Waals surface area contributed by atoms with Crippen LogP contribution >= 0.6 is 0 Å². The van der Waals surface area contributed by atoms with Gasteiger partial charge in [-0.25, -0.2) is 0 Å². The minimum atomic E-state index is -0.0262. The molecule has 1 aromatic carbocycles. The van der Waals surface area contributed by atoms with Crippen LogP contribution in [0.3, 0.4) is 0 Å². The molecule has 5 heteroatoms. The zero-order chi connectivity index (χ0) is 15.7. The number of likely N-dealkylation sites (N-methyl/N-ethyl adjacent to an activating group) is 1. The summed E-state index contributed by atoms with van der Waals surface area (Å²) >= 11 is 0. The van der Waals surface area contributed by atoms with Crippen molar-refractivity contribution in [3.63, 3.8) is 0 Å². The first-order valence-corrected chi connectivity index (χ1v) is 7.71. The first-order chi connectivity index (χ1) is 10.6. The standard InChI is InChI=1S/C17H23N3O2/c1-19(2)11-14-13-6-4-5-7-15(13)22-16(14)17(21)20(3)12-8-9-18-10-12/h4-7,12,18H,8-11H2,1-3H3/t12-/m1/s1. The Labute approximate surface area is 130 Å². The summed E-state index contributed by atoms with van der Waals surface area (Å²) in [6.07, 6.45) is 0.992. The van der Waals surface area contributed by atoms with Crippen LogP contribution in [0.25, 0.3) is 11.0 Å². The van der Waals surface area contributed by atoms with E-state index in [-0.39, 0.29) is 11.9 Å². The molecule has 118 valence electrons. The van der Waals surface area contributed by atoms with Crippen LogP contribution in [0.4, 0.5) is 0 Å². The molecule has 0 saturated carbocycles. The molecule has 1 atom stereocenters. The maximum absolute atomic E-state index is 12.9. The van der Waals surface area contributed by atoms with Crippen LogP contribution in [-0.4, -0.2) is 56.0 Å². The van der Waals surface area contributed by atoms with Crippen molar-refractivity contribution >= 4 is 16.9 Å². The first kappa shape index (κ1) is 15.1. The van der Waals surface area contributed by atoms with Gasteiger partial charge in [0.2, 0.25) is 0 Å². The summed E-state index contributed by atoms with van der Waals surface area (Å²) in [5.41, 5.74) is 1.75. The summed E-state index contributed by atoms with van der Waals surface area (Å²) in [7, 11) is 5.87. The van der Waals surface area contributed by atoms with E-state index in [0.29, 0.717) is 12.3 Å². The molecule has 2 heterocycles. The van der Waals surface area contributed by atoms with Crippen molar-refractivity contribution in [2.24, 2.45) is 0 Å². The Morgan fingerprint density at radius 2 is 2.09 bits per heavy atom. The van der Waals surface area contributed by atoms with E-state index in [1.165, 1.54) is 0 Å². The summed E-state index contributed by atoms with van der Waals surface area (Å²) in [5, 5.41) is 4.33. The Kier molecular flexibility index (Phi) is 4.18. The second kappa shape index (κ2) is 6.10. The highest BCUT2D eigenvalue weighted by Crippen LogP contribution is 2.28. The monoisotopic (exact) mass is 301 g/mol. The van der Waals surface area contributed by atoms with Gasteiger partial charge >= 0.3 is 0 Å². The minimum Gasteiger partial charge on any atom is -0.451 e. The quantitative estimate of drug-likeness (QED) is 0.937. The van der Waals surface area contributed by atoms with Crippen molar-refractivity contribution in [3.05, 3.63) is 35.6 Å². The second-order valence-electron chi connectivity index (χ2n) is 6.21. The molecule has 1 saturated heterocycles. The van der Waals surface area contributed by atoms with E-state index < -0.39 is 0 Å². The number of rotatable bonds is 4. The molecule has 1 aliphatic rings. The van der Waals surface area contributed by atoms with Gasteiger partial charge in [0.25, 0.3) is 5.91 Å². The zero-order valence-corrected chi connectivity index (χ0v) is 13.4. The topological polar surface area (TPSA) is 48.7 Å². The molecule has 0 aliphatic carbocycles. The van der Waals surface area contributed by atoms with Gasteiger partial charge in [-0.05, 0) is 33.1 Å². The van der Waals surface area contributed by atoms with Gasteiger partial charge < -0.3 is 19.5 Å². The maximum Gasteiger partial charge on any atom is 0.289 e. The Bertz CT molecular complexity index is 672. The molecule has 1 N–H and O–H groups in total. The van der Waals surface area contributed by atoms with Gasteiger partial charge in [0.15, 0.2) is 5.76 Å². The third-order valence-electron chi connectivity index (χ3n) is 4.27. The number of para-hydroxylation sites is 1. The fraction of sp³-hybridized carbons (Fsp3) is 0.471. The lowest BCUT2D eigenvalue weighted by Gasteiger charge is -2.23. The van der Waals surface area contributed by atoms with Gasteiger partial charge in [-0.1, -0.05) is 18.2 Å². The number of fused-ring (bicyclic) bond motifs is 1. The fourth-order valence-corrected chi connectivity index (χ4v) is 3.04. The first-order valence-electron chi connectivity index (χ1n) is 7.71. The smallest absolute Gasteiger partial charge is 0.289 e. The Morgan fingerprint density at radius 1 is 1.32 bits per heavy atom. The molecule has 1 fully saturated rings. The van der Waals surface area contributed by atoms with Crippen molar-refractivity contribution in [2.75, 3.05) is 34.2 Å². The summed E-state index contributed by atoms with van der Waals surface area (Å²) in [6.45, 7) is 2.51. The number of carbonyl (C=O) groups excluding carboxylic acids is 1. The average Bonchev–Trinajstić information content (AvgIpc) is 3.14. The predicted octanol–water partition coefficient (Wildman–Crippen LogP) is 1.93. The van der Waals surface area contributed by atoms with Crippen molar-refractivity contribution in [2.45, 2.75) is 19.0 Å². The molecular formula is C17H23N3O2. The third kappa shape index (κ3) is 2.74. The molecule has 0 bridgehead atoms. The zero-order valence-electron chi connectivity index (χ0n) is 13.4. The van der Waals surface area contributed by atoms with Gasteiger partial charge in [0.05, 0.1) is 0 Å². The molecule has 0 spiro atoms. The maximum atomic E-state index is 12.9. The molecule has 1 aliphatic heterocycles. The van der Waals surface area contributed by atoms with E-state index >= 15 is 0 Å². The highest BCUT2D eigenvalue weighted by molar-refractivity contribution is 5.99. The summed E-state index contributed by atoms with van der Waals surface area (Å²) < 4.78 is 5.90. The van der Waals surface area contributed by atoms with E-state index in [1.807, 2.05) is 50.3 Å². The molecule has 1 amide bonds. The van der Waals surface area contributed by atoms with Gasteiger partial charge in [-0.3, -0.25) is 4.79 Å². The Hall–Kier alpha value is -1.85. The molecular weight excluding hydrogens is 278 g/mol. The van der Waals surface area contributed by atoms with Crippen LogP contribution in [-0.2, 0) is 6.54 Å². The number of hydrogen-bond acceptors (Lipinski definition) is 4. The van der Waals surface area contributed by atoms with Crippen LogP contribution in [0.15, 0.2) is 28.7 Å². The summed E-state index contributed by atoms with van der Waals surface area (Å²) in [4.78, 5) is 16.8. The van der Waals surface area contributed by atoms with E-state index in [0.717, 1.165) is 36.0 Å². The number of furan rings is 1. The number of hydrogen-bond donors (Lipinski definition) is 1. The van der Waals surface area contributed by atoms with Gasteiger partial charge in [-0.2, -0.15) is 0 Å². The van der Waals surface area contributed by atoms with Crippen molar-refractivity contribution in [1.82, 2.24) is 15.1 Å². The largest absolute Gasteiger partial charge is 0.451 e. The van der Waals surface area contributed by atoms with Gasteiger partial charge in [0, 0.05) is 37.1 Å². The van der Waals surface area contributed by atoms with E-state index in [9.17, 15) is 4.79 Å². The molecule has 0 unspecified atom stereocenters. The Balaban J connectivity index is 1.99. The van der Waals surface area contributed by atoms with Crippen LogP contribution in [0.2, 0.25) is 0 Å². The number of nitrogens with one attached hydrogen (secondary N) is 1. The second-order valence-corrected chi connectivity index (χ2v) is 6.21. The molecule has 3 rings (SSSR count). The number of amides is 1. The number of nitrogens with zero attached hydrogens (tertiary/aromatic N) is 2. The number of carbonyl (C=O) groups is 1. The lowest BCUT2D eigenvalue weighted by atomic mass is 10.1. The van der Waals surface area contributed by atoms with Crippen LogP contribution in [0.5, 0.6) is 0 Å². The average molecular weight is 301 g/mol. The summed E-state index contributed by atoms with van der Waals surface area (Å²) in [6, 6.07) is 8.10. The predicted molar refractivity (Wildman–Crippen MR) is 87.0 cm³/mol. The molecule has 0 radical (unpaired) electrons. The van der Waals surface area contributed by atoms with Gasteiger partial charge in [0.1, 0.15) is 5.58 Å². The summed E-state index contributed by atoms with van der Waals surface area (Å²) in [5.74, 6) is 0.450. The van der Waals surface area contributed by atoms with Crippen molar-refractivity contribution in [3.8, 4) is 0 Å². The van der Waals surface area contributed by atoms with Crippen molar-refractivity contribution in [1.29, 1.82) is 0 Å². The van der Waals surface area contributed by atoms with Crippen molar-refractivity contribution < 1.29 is 9.21 Å². The van der Waals surface area contributed by atoms with E-state index in [4.69, 9.17) is 4.42 Å². The Morgan fingerprint density at radius 3 is 2.77 bits per heavy atom. The molecule has 1 aromatic heterocycles. The SMILES string of the molecule is CN(C)Cc1c(C(=O)N(C)[C@@H]2CCNC2)oc2ccccc12. The molecule has 5 nitrogen and oxygen atoms in total. The van der Waals surface area contributed by atoms with E-state index in [1.54, 1.807) is 0 Å². The van der Waals surface area contributed by atoms with E-state index in [2.05, 4.69) is 10.2 Å². The minimum absolute atomic E-state index is 0.0262. The highest BCUT2D eigenvalue weighted by atomic mass is 16.3. The normalized spacial score (nSPS) is 18.3. The molecule has 22 heavy (non-hydrogen) atoms. The highest BCUT2D eigenvalue weighted by Gasteiger charge is 2.29. The fourth-order valence-electron chi connectivity index (χ4n) is 3.04. The van der Waals surface area contributed by atoms with Crippen LogP contribution in [0.1, 0.15) is 22.5 Å². The van der Waals surface area contributed by atoms with Crippen LogP contribution < -0.4 is 5.32 Å². The third-order valence-corrected chi connectivity index (χ3v) is 4.27. The lowest BCUT2D eigenvalue weighted by molar-refractivity contribution is 0.0711. The van der Waals surface area contributed by atoms with Gasteiger partial charge in [-0.15, -0.1) is 0 Å².